The molecule has 0 N–H and O–H groups in total. The van der Waals surface area contributed by atoms with E-state index in [1.807, 2.05) is 4.90 Å². The molecule has 0 atom stereocenters. The molecule has 2 aromatic carbocycles. The summed E-state index contributed by atoms with van der Waals surface area (Å²) in [6.45, 7) is 1.76. The number of hydrogen-bond acceptors (Lipinski definition) is 5. The Morgan fingerprint density at radius 2 is 1.55 bits per heavy atom. The Labute approximate surface area is 169 Å². The highest BCUT2D eigenvalue weighted by atomic mass is 16.5. The largest absolute Gasteiger partial charge is 0.465 e. The molecule has 0 aliphatic carbocycles. The fourth-order valence-corrected chi connectivity index (χ4v) is 3.06. The van der Waals surface area contributed by atoms with Gasteiger partial charge < -0.3 is 14.4 Å². The molecule has 1 fully saturated rings. The number of carbonyl (C=O) groups excluding carboxylic acids is 3. The van der Waals surface area contributed by atoms with Crippen LogP contribution in [0.3, 0.4) is 0 Å². The number of rotatable bonds is 6. The van der Waals surface area contributed by atoms with Crippen molar-refractivity contribution in [3.8, 4) is 0 Å². The van der Waals surface area contributed by atoms with Crippen molar-refractivity contribution >= 4 is 23.9 Å². The first-order valence-corrected chi connectivity index (χ1v) is 9.48. The molecule has 1 saturated heterocycles. The first kappa shape index (κ1) is 20.3. The zero-order valence-electron chi connectivity index (χ0n) is 16.3. The van der Waals surface area contributed by atoms with E-state index in [-0.39, 0.29) is 12.5 Å². The second kappa shape index (κ2) is 9.68. The molecule has 6 heteroatoms. The molecule has 150 valence electrons. The Morgan fingerprint density at radius 1 is 0.931 bits per heavy atom. The molecule has 0 aromatic heterocycles. The van der Waals surface area contributed by atoms with Gasteiger partial charge in [0.25, 0.3) is 5.91 Å². The van der Waals surface area contributed by atoms with Crippen LogP contribution in [-0.4, -0.2) is 42.9 Å². The number of benzene rings is 2. The summed E-state index contributed by atoms with van der Waals surface area (Å²) in [6.07, 6.45) is 5.06. The maximum Gasteiger partial charge on any atom is 0.337 e. The highest BCUT2D eigenvalue weighted by Gasteiger charge is 2.19. The summed E-state index contributed by atoms with van der Waals surface area (Å²) in [4.78, 5) is 37.5. The van der Waals surface area contributed by atoms with Crippen molar-refractivity contribution in [2.24, 2.45) is 0 Å². The van der Waals surface area contributed by atoms with Gasteiger partial charge in [-0.3, -0.25) is 4.79 Å². The Balaban J connectivity index is 1.49. The molecule has 0 radical (unpaired) electrons. The average molecular weight is 393 g/mol. The predicted octanol–water partition coefficient (Wildman–Crippen LogP) is 3.47. The van der Waals surface area contributed by atoms with E-state index in [2.05, 4.69) is 4.74 Å². The number of esters is 2. The highest BCUT2D eigenvalue weighted by molar-refractivity contribution is 5.94. The van der Waals surface area contributed by atoms with Gasteiger partial charge in [-0.25, -0.2) is 9.59 Å². The molecule has 29 heavy (non-hydrogen) atoms. The predicted molar refractivity (Wildman–Crippen MR) is 108 cm³/mol. The summed E-state index contributed by atoms with van der Waals surface area (Å²) >= 11 is 0. The quantitative estimate of drug-likeness (QED) is 0.555. The summed E-state index contributed by atoms with van der Waals surface area (Å²) in [5.74, 6) is -0.834. The lowest BCUT2D eigenvalue weighted by atomic mass is 10.1. The van der Waals surface area contributed by atoms with Gasteiger partial charge >= 0.3 is 11.9 Å². The summed E-state index contributed by atoms with van der Waals surface area (Å²) in [6, 6.07) is 13.8. The molecular weight excluding hydrogens is 370 g/mol. The van der Waals surface area contributed by atoms with Gasteiger partial charge in [-0.05, 0) is 54.3 Å². The van der Waals surface area contributed by atoms with Crippen LogP contribution in [-0.2, 0) is 20.9 Å². The summed E-state index contributed by atoms with van der Waals surface area (Å²) in [5.41, 5.74) is 2.67. The molecular formula is C23H23NO5. The molecule has 1 amide bonds. The summed E-state index contributed by atoms with van der Waals surface area (Å²) < 4.78 is 9.88. The van der Waals surface area contributed by atoms with Crippen molar-refractivity contribution in [3.63, 3.8) is 0 Å². The minimum atomic E-state index is -0.473. The van der Waals surface area contributed by atoms with E-state index in [9.17, 15) is 14.4 Å². The van der Waals surface area contributed by atoms with Crippen LogP contribution in [0, 0.1) is 0 Å². The lowest BCUT2D eigenvalue weighted by Gasteiger charge is -2.15. The Bertz CT molecular complexity index is 894. The third-order valence-electron chi connectivity index (χ3n) is 4.72. The second-order valence-electron chi connectivity index (χ2n) is 6.75. The number of likely N-dealkylation sites (tertiary alicyclic amines) is 1. The minimum Gasteiger partial charge on any atom is -0.465 e. The fraction of sp³-hybridized carbons (Fsp3) is 0.261. The van der Waals surface area contributed by atoms with E-state index in [4.69, 9.17) is 4.74 Å². The van der Waals surface area contributed by atoms with Crippen LogP contribution in [0.2, 0.25) is 0 Å². The maximum atomic E-state index is 12.3. The van der Waals surface area contributed by atoms with Crippen LogP contribution in [0.5, 0.6) is 0 Å². The number of nitrogens with zero attached hydrogens (tertiary/aromatic N) is 1. The molecule has 2 aromatic rings. The van der Waals surface area contributed by atoms with Crippen LogP contribution in [0.25, 0.3) is 6.08 Å². The van der Waals surface area contributed by atoms with E-state index in [0.717, 1.165) is 37.1 Å². The van der Waals surface area contributed by atoms with Crippen LogP contribution >= 0.6 is 0 Å². The van der Waals surface area contributed by atoms with Crippen molar-refractivity contribution in [1.29, 1.82) is 0 Å². The fourth-order valence-electron chi connectivity index (χ4n) is 3.06. The Hall–Kier alpha value is -3.41. The Kier molecular flexibility index (Phi) is 6.79. The number of methoxy groups -OCH3 is 1. The maximum absolute atomic E-state index is 12.3. The van der Waals surface area contributed by atoms with Crippen molar-refractivity contribution in [2.45, 2.75) is 19.4 Å². The average Bonchev–Trinajstić information content (AvgIpc) is 3.31. The first-order valence-electron chi connectivity index (χ1n) is 9.48. The van der Waals surface area contributed by atoms with Gasteiger partial charge in [-0.1, -0.05) is 24.3 Å². The third-order valence-corrected chi connectivity index (χ3v) is 4.72. The van der Waals surface area contributed by atoms with Crippen molar-refractivity contribution in [1.82, 2.24) is 4.90 Å². The molecule has 6 nitrogen and oxygen atoms in total. The van der Waals surface area contributed by atoms with E-state index in [1.54, 1.807) is 54.6 Å². The number of hydrogen-bond donors (Lipinski definition) is 0. The normalized spacial score (nSPS) is 13.5. The van der Waals surface area contributed by atoms with Crippen LogP contribution in [0.4, 0.5) is 0 Å². The van der Waals surface area contributed by atoms with Crippen LogP contribution in [0.15, 0.2) is 54.6 Å². The molecule has 0 saturated carbocycles. The molecule has 3 rings (SSSR count). The molecule has 0 bridgehead atoms. The van der Waals surface area contributed by atoms with Gasteiger partial charge in [0.15, 0.2) is 0 Å². The molecule has 1 aliphatic rings. The van der Waals surface area contributed by atoms with Crippen molar-refractivity contribution in [3.05, 3.63) is 76.9 Å². The summed E-state index contributed by atoms with van der Waals surface area (Å²) in [7, 11) is 1.32. The van der Waals surface area contributed by atoms with E-state index in [1.165, 1.54) is 13.2 Å². The zero-order valence-corrected chi connectivity index (χ0v) is 16.3. The van der Waals surface area contributed by atoms with Gasteiger partial charge in [-0.2, -0.15) is 0 Å². The molecule has 0 unspecified atom stereocenters. The topological polar surface area (TPSA) is 72.9 Å². The van der Waals surface area contributed by atoms with Gasteiger partial charge in [-0.15, -0.1) is 0 Å². The summed E-state index contributed by atoms with van der Waals surface area (Å²) in [5, 5.41) is 0. The number of ether oxygens (including phenoxy) is 2. The van der Waals surface area contributed by atoms with E-state index >= 15 is 0 Å². The zero-order chi connectivity index (χ0) is 20.6. The van der Waals surface area contributed by atoms with E-state index < -0.39 is 11.9 Å². The smallest absolute Gasteiger partial charge is 0.337 e. The minimum absolute atomic E-state index is 0.0483. The molecule has 1 heterocycles. The van der Waals surface area contributed by atoms with Crippen molar-refractivity contribution < 1.29 is 23.9 Å². The monoisotopic (exact) mass is 393 g/mol. The lowest BCUT2D eigenvalue weighted by molar-refractivity contribution is -0.138. The highest BCUT2D eigenvalue weighted by Crippen LogP contribution is 2.14. The number of amides is 1. The first-order chi connectivity index (χ1) is 14.1. The lowest BCUT2D eigenvalue weighted by Crippen LogP contribution is -2.27. The molecule has 0 spiro atoms. The van der Waals surface area contributed by atoms with Gasteiger partial charge in [0.05, 0.1) is 12.7 Å². The van der Waals surface area contributed by atoms with Gasteiger partial charge in [0.1, 0.15) is 6.61 Å². The van der Waals surface area contributed by atoms with Gasteiger partial charge in [0, 0.05) is 24.7 Å². The van der Waals surface area contributed by atoms with Gasteiger partial charge in [0.2, 0.25) is 0 Å². The third kappa shape index (κ3) is 5.54. The van der Waals surface area contributed by atoms with Crippen molar-refractivity contribution in [2.75, 3.05) is 20.2 Å². The SMILES string of the molecule is COC(=O)c1ccc(/C=C/C(=O)OCc2ccc(C(=O)N3CCCC3)cc2)cc1. The second-order valence-corrected chi connectivity index (χ2v) is 6.75. The standard InChI is InChI=1S/C23H23NO5/c1-28-23(27)20-11-4-17(5-12-20)8-13-21(25)29-16-18-6-9-19(10-7-18)22(26)24-14-2-3-15-24/h4-13H,2-3,14-16H2,1H3/b13-8+. The number of carbonyl (C=O) groups is 3. The molecule has 1 aliphatic heterocycles. The van der Waals surface area contributed by atoms with E-state index in [0.29, 0.717) is 11.1 Å². The van der Waals surface area contributed by atoms with Crippen LogP contribution < -0.4 is 0 Å². The van der Waals surface area contributed by atoms with Crippen LogP contribution in [0.1, 0.15) is 44.7 Å². The Morgan fingerprint density at radius 3 is 2.17 bits per heavy atom.